The van der Waals surface area contributed by atoms with Crippen LogP contribution in [0.2, 0.25) is 0 Å². The predicted molar refractivity (Wildman–Crippen MR) is 82.2 cm³/mol. The number of nitrogens with one attached hydrogen (secondary N) is 1. The summed E-state index contributed by atoms with van der Waals surface area (Å²) in [7, 11) is 1.51. The molecule has 7 nitrogen and oxygen atoms in total. The molecule has 0 bridgehead atoms. The lowest BCUT2D eigenvalue weighted by Crippen LogP contribution is -2.43. The number of carboxylic acids is 1. The van der Waals surface area contributed by atoms with E-state index in [1.807, 2.05) is 0 Å². The van der Waals surface area contributed by atoms with Gasteiger partial charge < -0.3 is 20.1 Å². The number of likely N-dealkylation sites (tertiary alicyclic amines) is 1. The first-order valence-electron chi connectivity index (χ1n) is 7.38. The highest BCUT2D eigenvalue weighted by molar-refractivity contribution is 5.96. The molecule has 1 aliphatic rings. The van der Waals surface area contributed by atoms with Crippen molar-refractivity contribution >= 4 is 17.8 Å². The van der Waals surface area contributed by atoms with Gasteiger partial charge in [-0.15, -0.1) is 0 Å². The summed E-state index contributed by atoms with van der Waals surface area (Å²) in [6.07, 6.45) is 0.437. The highest BCUT2D eigenvalue weighted by Crippen LogP contribution is 2.24. The molecule has 0 radical (unpaired) electrons. The van der Waals surface area contributed by atoms with Gasteiger partial charge in [0.15, 0.2) is 0 Å². The van der Waals surface area contributed by atoms with Crippen LogP contribution in [0.15, 0.2) is 24.3 Å². The number of methoxy groups -OCH3 is 1. The number of amides is 2. The van der Waals surface area contributed by atoms with Crippen molar-refractivity contribution in [3.63, 3.8) is 0 Å². The van der Waals surface area contributed by atoms with E-state index in [9.17, 15) is 14.4 Å². The number of rotatable bonds is 5. The van der Waals surface area contributed by atoms with Crippen LogP contribution in [0, 0.1) is 5.92 Å². The first-order valence-corrected chi connectivity index (χ1v) is 7.38. The van der Waals surface area contributed by atoms with E-state index < -0.39 is 11.9 Å². The van der Waals surface area contributed by atoms with Gasteiger partial charge in [-0.2, -0.15) is 0 Å². The summed E-state index contributed by atoms with van der Waals surface area (Å²) in [6.45, 7) is 1.95. The first-order chi connectivity index (χ1) is 10.9. The second-order valence-electron chi connectivity index (χ2n) is 5.48. The first kappa shape index (κ1) is 16.8. The number of hydrogen-bond donors (Lipinski definition) is 2. The summed E-state index contributed by atoms with van der Waals surface area (Å²) in [4.78, 5) is 36.8. The Morgan fingerprint density at radius 2 is 2.13 bits per heavy atom. The zero-order valence-electron chi connectivity index (χ0n) is 13.1. The van der Waals surface area contributed by atoms with Crippen molar-refractivity contribution in [1.29, 1.82) is 0 Å². The van der Waals surface area contributed by atoms with Crippen molar-refractivity contribution in [3.8, 4) is 5.75 Å². The van der Waals surface area contributed by atoms with Crippen LogP contribution in [0.5, 0.6) is 5.75 Å². The Kier molecular flexibility index (Phi) is 5.20. The molecule has 2 N–H and O–H groups in total. The number of hydrogen-bond acceptors (Lipinski definition) is 4. The molecule has 7 heteroatoms. The molecular formula is C16H20N2O5. The van der Waals surface area contributed by atoms with E-state index in [0.29, 0.717) is 24.3 Å². The monoisotopic (exact) mass is 320 g/mol. The molecule has 0 saturated carbocycles. The smallest absolute Gasteiger partial charge is 0.308 e. The molecule has 124 valence electrons. The molecule has 1 saturated heterocycles. The van der Waals surface area contributed by atoms with E-state index >= 15 is 0 Å². The Bertz CT molecular complexity index is 616. The van der Waals surface area contributed by atoms with Crippen LogP contribution in [-0.2, 0) is 9.59 Å². The SMILES string of the molecule is COc1cccc(C(=O)NCC(=O)N2CCC(C(=O)O)C2C)c1. The maximum atomic E-state index is 12.2. The highest BCUT2D eigenvalue weighted by atomic mass is 16.5. The van der Waals surface area contributed by atoms with Crippen LogP contribution in [0.25, 0.3) is 0 Å². The number of ether oxygens (including phenoxy) is 1. The largest absolute Gasteiger partial charge is 0.497 e. The molecule has 2 rings (SSSR count). The lowest BCUT2D eigenvalue weighted by molar-refractivity contribution is -0.143. The minimum Gasteiger partial charge on any atom is -0.497 e. The van der Waals surface area contributed by atoms with Gasteiger partial charge >= 0.3 is 5.97 Å². The molecule has 2 amide bonds. The van der Waals surface area contributed by atoms with Gasteiger partial charge in [-0.05, 0) is 31.5 Å². The predicted octanol–water partition coefficient (Wildman–Crippen LogP) is 0.747. The second-order valence-corrected chi connectivity index (χ2v) is 5.48. The van der Waals surface area contributed by atoms with Gasteiger partial charge in [0, 0.05) is 18.2 Å². The normalized spacial score (nSPS) is 20.2. The Morgan fingerprint density at radius 3 is 2.74 bits per heavy atom. The average molecular weight is 320 g/mol. The van der Waals surface area contributed by atoms with Gasteiger partial charge in [0.05, 0.1) is 19.6 Å². The van der Waals surface area contributed by atoms with E-state index in [4.69, 9.17) is 9.84 Å². The minimum absolute atomic E-state index is 0.160. The number of carbonyl (C=O) groups excluding carboxylic acids is 2. The highest BCUT2D eigenvalue weighted by Gasteiger charge is 2.37. The second kappa shape index (κ2) is 7.13. The van der Waals surface area contributed by atoms with Gasteiger partial charge in [-0.1, -0.05) is 6.07 Å². The van der Waals surface area contributed by atoms with E-state index in [2.05, 4.69) is 5.32 Å². The fourth-order valence-corrected chi connectivity index (χ4v) is 2.75. The van der Waals surface area contributed by atoms with Crippen LogP contribution in [-0.4, -0.2) is 54.0 Å². The lowest BCUT2D eigenvalue weighted by atomic mass is 10.0. The number of aliphatic carboxylic acids is 1. The van der Waals surface area contributed by atoms with E-state index in [1.54, 1.807) is 31.2 Å². The number of carbonyl (C=O) groups is 3. The minimum atomic E-state index is -0.895. The molecule has 0 aliphatic carbocycles. The summed E-state index contributed by atoms with van der Waals surface area (Å²) in [5, 5.41) is 11.6. The van der Waals surface area contributed by atoms with Crippen molar-refractivity contribution in [2.24, 2.45) is 5.92 Å². The third-order valence-corrected chi connectivity index (χ3v) is 4.12. The quantitative estimate of drug-likeness (QED) is 0.834. The average Bonchev–Trinajstić information content (AvgIpc) is 2.94. The topological polar surface area (TPSA) is 95.9 Å². The fourth-order valence-electron chi connectivity index (χ4n) is 2.75. The van der Waals surface area contributed by atoms with Crippen LogP contribution in [0.3, 0.4) is 0 Å². The molecule has 0 aromatic heterocycles. The van der Waals surface area contributed by atoms with Gasteiger partial charge in [-0.3, -0.25) is 14.4 Å². The number of carboxylic acid groups (broad SMARTS) is 1. The van der Waals surface area contributed by atoms with Crippen molar-refractivity contribution < 1.29 is 24.2 Å². The molecule has 23 heavy (non-hydrogen) atoms. The molecule has 1 aliphatic heterocycles. The zero-order chi connectivity index (χ0) is 17.0. The van der Waals surface area contributed by atoms with Crippen molar-refractivity contribution in [2.75, 3.05) is 20.2 Å². The fraction of sp³-hybridized carbons (Fsp3) is 0.438. The lowest BCUT2D eigenvalue weighted by Gasteiger charge is -2.23. The van der Waals surface area contributed by atoms with Crippen LogP contribution < -0.4 is 10.1 Å². The van der Waals surface area contributed by atoms with E-state index in [1.165, 1.54) is 12.0 Å². The van der Waals surface area contributed by atoms with Gasteiger partial charge in [0.1, 0.15) is 5.75 Å². The molecule has 1 aromatic carbocycles. The zero-order valence-corrected chi connectivity index (χ0v) is 13.1. The van der Waals surface area contributed by atoms with Crippen LogP contribution in [0.4, 0.5) is 0 Å². The summed E-state index contributed by atoms with van der Waals surface area (Å²) >= 11 is 0. The molecule has 1 heterocycles. The Morgan fingerprint density at radius 1 is 1.39 bits per heavy atom. The number of benzene rings is 1. The molecule has 1 fully saturated rings. The summed E-state index contributed by atoms with van der Waals surface area (Å²) in [5.41, 5.74) is 0.398. The Hall–Kier alpha value is -2.57. The molecule has 2 unspecified atom stereocenters. The third kappa shape index (κ3) is 3.80. The van der Waals surface area contributed by atoms with Crippen molar-refractivity contribution in [3.05, 3.63) is 29.8 Å². The van der Waals surface area contributed by atoms with Gasteiger partial charge in [0.2, 0.25) is 5.91 Å². The van der Waals surface area contributed by atoms with Crippen LogP contribution in [0.1, 0.15) is 23.7 Å². The summed E-state index contributed by atoms with van der Waals surface area (Å²) in [6, 6.07) is 6.25. The van der Waals surface area contributed by atoms with E-state index in [0.717, 1.165) is 0 Å². The molecule has 1 aromatic rings. The van der Waals surface area contributed by atoms with Crippen molar-refractivity contribution in [2.45, 2.75) is 19.4 Å². The molecule has 0 spiro atoms. The third-order valence-electron chi connectivity index (χ3n) is 4.12. The van der Waals surface area contributed by atoms with Gasteiger partial charge in [-0.25, -0.2) is 0 Å². The van der Waals surface area contributed by atoms with Crippen LogP contribution >= 0.6 is 0 Å². The van der Waals surface area contributed by atoms with Gasteiger partial charge in [0.25, 0.3) is 5.91 Å². The maximum Gasteiger partial charge on any atom is 0.308 e. The number of nitrogens with zero attached hydrogens (tertiary/aromatic N) is 1. The Labute approximate surface area is 134 Å². The maximum absolute atomic E-state index is 12.2. The Balaban J connectivity index is 1.91. The standard InChI is InChI=1S/C16H20N2O5/c1-10-13(16(21)22)6-7-18(10)14(19)9-17-15(20)11-4-3-5-12(8-11)23-2/h3-5,8,10,13H,6-7,9H2,1-2H3,(H,17,20)(H,21,22). The molecule has 2 atom stereocenters. The van der Waals surface area contributed by atoms with E-state index in [-0.39, 0.29) is 24.4 Å². The van der Waals surface area contributed by atoms with Crippen molar-refractivity contribution in [1.82, 2.24) is 10.2 Å². The molecular weight excluding hydrogens is 300 g/mol. The summed E-state index contributed by atoms with van der Waals surface area (Å²) < 4.78 is 5.05. The summed E-state index contributed by atoms with van der Waals surface area (Å²) in [5.74, 6) is -1.54.